The minimum absolute atomic E-state index is 0.0552. The number of benzene rings is 1. The van der Waals surface area contributed by atoms with Gasteiger partial charge >= 0.3 is 6.09 Å². The average Bonchev–Trinajstić information content (AvgIpc) is 2.71. The number of hydrogen-bond donors (Lipinski definition) is 2. The number of likely N-dealkylation sites (tertiary alicyclic amines) is 1. The third kappa shape index (κ3) is 6.50. The van der Waals surface area contributed by atoms with E-state index in [4.69, 9.17) is 4.74 Å². The number of hydrogen-bond acceptors (Lipinski definition) is 5. The summed E-state index contributed by atoms with van der Waals surface area (Å²) in [4.78, 5) is 34.6. The second-order valence-corrected chi connectivity index (χ2v) is 8.86. The molecule has 170 valence electrons. The van der Waals surface area contributed by atoms with Crippen molar-refractivity contribution in [2.75, 3.05) is 57.8 Å². The number of carbonyl (C=O) groups is 2. The summed E-state index contributed by atoms with van der Waals surface area (Å²) in [6, 6.07) is 10.4. The lowest BCUT2D eigenvalue weighted by Gasteiger charge is -2.40. The zero-order chi connectivity index (χ0) is 22.4. The van der Waals surface area contributed by atoms with E-state index in [9.17, 15) is 9.59 Å². The first-order chi connectivity index (χ1) is 14.7. The molecule has 1 aromatic rings. The van der Waals surface area contributed by atoms with E-state index in [0.717, 1.165) is 13.1 Å². The molecule has 2 heterocycles. The fourth-order valence-corrected chi connectivity index (χ4v) is 3.56. The molecule has 0 saturated carbocycles. The molecule has 2 N–H and O–H groups in total. The Morgan fingerprint density at radius 3 is 2.29 bits per heavy atom. The van der Waals surface area contributed by atoms with Crippen LogP contribution in [-0.2, 0) is 9.53 Å². The molecule has 0 radical (unpaired) electrons. The maximum Gasteiger partial charge on any atom is 0.410 e. The summed E-state index contributed by atoms with van der Waals surface area (Å²) in [5.41, 5.74) is 0.693. The quantitative estimate of drug-likeness (QED) is 0.550. The molecule has 0 spiro atoms. The van der Waals surface area contributed by atoms with Crippen LogP contribution >= 0.6 is 0 Å². The van der Waals surface area contributed by atoms with Gasteiger partial charge in [0.05, 0.1) is 12.6 Å². The Balaban J connectivity index is 1.36. The molecule has 9 heteroatoms. The highest BCUT2D eigenvalue weighted by atomic mass is 16.6. The number of anilines is 1. The van der Waals surface area contributed by atoms with Gasteiger partial charge in [0.15, 0.2) is 5.96 Å². The van der Waals surface area contributed by atoms with Crippen LogP contribution in [0, 0.1) is 0 Å². The van der Waals surface area contributed by atoms with Gasteiger partial charge in [-0.2, -0.15) is 0 Å². The van der Waals surface area contributed by atoms with Gasteiger partial charge in [-0.1, -0.05) is 18.2 Å². The number of amides is 2. The predicted octanol–water partition coefficient (Wildman–Crippen LogP) is 1.12. The average molecular weight is 431 g/mol. The summed E-state index contributed by atoms with van der Waals surface area (Å²) in [5.74, 6) is 0.616. The van der Waals surface area contributed by atoms with Crippen molar-refractivity contribution in [2.24, 2.45) is 4.99 Å². The van der Waals surface area contributed by atoms with Crippen molar-refractivity contribution < 1.29 is 14.3 Å². The Morgan fingerprint density at radius 1 is 1.06 bits per heavy atom. The van der Waals surface area contributed by atoms with Crippen LogP contribution in [0.2, 0.25) is 0 Å². The summed E-state index contributed by atoms with van der Waals surface area (Å²) in [5, 5.41) is 6.34. The Morgan fingerprint density at radius 2 is 1.71 bits per heavy atom. The molecule has 0 aliphatic carbocycles. The number of rotatable bonds is 4. The minimum atomic E-state index is -0.500. The number of nitrogens with one attached hydrogen (secondary N) is 2. The molecule has 0 atom stereocenters. The summed E-state index contributed by atoms with van der Waals surface area (Å²) in [6.45, 7) is 9.89. The third-order valence-corrected chi connectivity index (χ3v) is 5.26. The number of carbonyl (C=O) groups excluding carboxylic acids is 2. The molecule has 2 aliphatic rings. The van der Waals surface area contributed by atoms with Crippen LogP contribution in [0.15, 0.2) is 35.3 Å². The fraction of sp³-hybridized carbons (Fsp3) is 0.591. The lowest BCUT2D eigenvalue weighted by Crippen LogP contribution is -2.63. The van der Waals surface area contributed by atoms with Gasteiger partial charge in [0.25, 0.3) is 0 Å². The molecular weight excluding hydrogens is 396 g/mol. The molecular formula is C22H34N6O3. The van der Waals surface area contributed by atoms with E-state index >= 15 is 0 Å². The molecule has 0 unspecified atom stereocenters. The molecule has 0 aromatic heterocycles. The van der Waals surface area contributed by atoms with Crippen molar-refractivity contribution >= 4 is 23.6 Å². The zero-order valence-corrected chi connectivity index (χ0v) is 18.9. The van der Waals surface area contributed by atoms with Crippen molar-refractivity contribution in [3.8, 4) is 0 Å². The Labute approximate surface area is 184 Å². The standard InChI is InChI=1S/C22H34N6O3/c1-22(2,3)31-21(30)28-15-17(16-28)25-20(23-4)24-14-19(29)27-12-10-26(11-13-27)18-8-6-5-7-9-18/h5-9,17H,10-16H2,1-4H3,(H2,23,24,25). The van der Waals surface area contributed by atoms with Crippen molar-refractivity contribution in [1.29, 1.82) is 0 Å². The smallest absolute Gasteiger partial charge is 0.410 e. The van der Waals surface area contributed by atoms with E-state index in [1.165, 1.54) is 5.69 Å². The van der Waals surface area contributed by atoms with Gasteiger partial charge in [-0.15, -0.1) is 0 Å². The summed E-state index contributed by atoms with van der Waals surface area (Å²) < 4.78 is 5.36. The lowest BCUT2D eigenvalue weighted by atomic mass is 10.1. The Bertz CT molecular complexity index is 778. The normalized spacial score (nSPS) is 17.8. The number of guanidine groups is 1. The van der Waals surface area contributed by atoms with Gasteiger partial charge < -0.3 is 30.1 Å². The highest BCUT2D eigenvalue weighted by Crippen LogP contribution is 2.16. The largest absolute Gasteiger partial charge is 0.444 e. The lowest BCUT2D eigenvalue weighted by molar-refractivity contribution is -0.130. The first-order valence-electron chi connectivity index (χ1n) is 10.8. The van der Waals surface area contributed by atoms with Crippen LogP contribution in [0.1, 0.15) is 20.8 Å². The van der Waals surface area contributed by atoms with Crippen LogP contribution in [-0.4, -0.2) is 92.3 Å². The van der Waals surface area contributed by atoms with E-state index in [1.54, 1.807) is 11.9 Å². The second kappa shape index (κ2) is 9.89. The van der Waals surface area contributed by atoms with Crippen molar-refractivity contribution in [3.63, 3.8) is 0 Å². The van der Waals surface area contributed by atoms with Crippen molar-refractivity contribution in [2.45, 2.75) is 32.4 Å². The van der Waals surface area contributed by atoms with E-state index in [1.807, 2.05) is 43.9 Å². The van der Waals surface area contributed by atoms with Crippen LogP contribution < -0.4 is 15.5 Å². The second-order valence-electron chi connectivity index (χ2n) is 8.86. The van der Waals surface area contributed by atoms with E-state index in [0.29, 0.717) is 32.1 Å². The molecule has 2 aliphatic heterocycles. The summed E-state index contributed by atoms with van der Waals surface area (Å²) >= 11 is 0. The first kappa shape index (κ1) is 22.7. The summed E-state index contributed by atoms with van der Waals surface area (Å²) in [7, 11) is 1.67. The van der Waals surface area contributed by atoms with Crippen molar-refractivity contribution in [3.05, 3.63) is 30.3 Å². The van der Waals surface area contributed by atoms with Crippen LogP contribution in [0.5, 0.6) is 0 Å². The topological polar surface area (TPSA) is 89.5 Å². The van der Waals surface area contributed by atoms with Gasteiger partial charge in [0, 0.05) is 52.0 Å². The van der Waals surface area contributed by atoms with Gasteiger partial charge in [-0.25, -0.2) is 4.79 Å². The third-order valence-electron chi connectivity index (χ3n) is 5.26. The zero-order valence-electron chi connectivity index (χ0n) is 18.9. The number of ether oxygens (including phenoxy) is 1. The van der Waals surface area contributed by atoms with E-state index < -0.39 is 5.60 Å². The van der Waals surface area contributed by atoms with Gasteiger partial charge in [0.2, 0.25) is 5.91 Å². The van der Waals surface area contributed by atoms with Crippen LogP contribution in [0.25, 0.3) is 0 Å². The first-order valence-corrected chi connectivity index (χ1v) is 10.8. The highest BCUT2D eigenvalue weighted by Gasteiger charge is 2.34. The van der Waals surface area contributed by atoms with E-state index in [2.05, 4.69) is 32.7 Å². The van der Waals surface area contributed by atoms with Gasteiger partial charge in [0.1, 0.15) is 5.60 Å². The number of piperazine rings is 1. The minimum Gasteiger partial charge on any atom is -0.444 e. The highest BCUT2D eigenvalue weighted by molar-refractivity contribution is 5.87. The number of para-hydroxylation sites is 1. The Hall–Kier alpha value is -2.97. The fourth-order valence-electron chi connectivity index (χ4n) is 3.56. The van der Waals surface area contributed by atoms with Crippen LogP contribution in [0.3, 0.4) is 0 Å². The maximum atomic E-state index is 12.6. The Kier molecular flexibility index (Phi) is 7.25. The molecule has 1 aromatic carbocycles. The molecule has 2 amide bonds. The van der Waals surface area contributed by atoms with Gasteiger partial charge in [-0.05, 0) is 32.9 Å². The van der Waals surface area contributed by atoms with Gasteiger partial charge in [-0.3, -0.25) is 9.79 Å². The number of nitrogens with zero attached hydrogens (tertiary/aromatic N) is 4. The monoisotopic (exact) mass is 430 g/mol. The van der Waals surface area contributed by atoms with Crippen LogP contribution in [0.4, 0.5) is 10.5 Å². The van der Waals surface area contributed by atoms with E-state index in [-0.39, 0.29) is 24.6 Å². The molecule has 2 saturated heterocycles. The predicted molar refractivity (Wildman–Crippen MR) is 121 cm³/mol. The molecule has 3 rings (SSSR count). The SMILES string of the molecule is CN=C(NCC(=O)N1CCN(c2ccccc2)CC1)NC1CN(C(=O)OC(C)(C)C)C1. The summed E-state index contributed by atoms with van der Waals surface area (Å²) in [6.07, 6.45) is -0.307. The van der Waals surface area contributed by atoms with Crippen molar-refractivity contribution in [1.82, 2.24) is 20.4 Å². The molecule has 2 fully saturated rings. The number of aliphatic imine (C=N–C) groups is 1. The molecule has 9 nitrogen and oxygen atoms in total. The maximum absolute atomic E-state index is 12.6. The molecule has 31 heavy (non-hydrogen) atoms. The molecule has 0 bridgehead atoms.